The lowest BCUT2D eigenvalue weighted by Gasteiger charge is -2.16. The summed E-state index contributed by atoms with van der Waals surface area (Å²) in [6.07, 6.45) is 5.28. The van der Waals surface area contributed by atoms with Crippen LogP contribution in [0.4, 0.5) is 14.5 Å². The van der Waals surface area contributed by atoms with E-state index in [9.17, 15) is 17.6 Å². The standard InChI is InChI=1S/C18H13F2IN4O3S/c19-13-3-4-14(24-29(27,28)25-5-1-2-6-25)16(20)15(13)17(26)12-9-23-18-11(12)7-10(21)8-22-18/h1,3-4,7-9,24H,2,5-6H2/p+1. The molecule has 0 radical (unpaired) electrons. The van der Waals surface area contributed by atoms with Crippen LogP contribution >= 0.6 is 22.6 Å². The summed E-state index contributed by atoms with van der Waals surface area (Å²) in [5, 5.41) is 0.416. The van der Waals surface area contributed by atoms with Gasteiger partial charge in [-0.1, -0.05) is 0 Å². The second kappa shape index (κ2) is 7.54. The number of ketones is 1. The van der Waals surface area contributed by atoms with Crippen LogP contribution in [0.15, 0.2) is 30.6 Å². The molecule has 1 aromatic carbocycles. The number of benzene rings is 1. The zero-order valence-electron chi connectivity index (χ0n) is 14.7. The molecule has 0 amide bonds. The van der Waals surface area contributed by atoms with Crippen LogP contribution in [0.5, 0.6) is 0 Å². The highest BCUT2D eigenvalue weighted by atomic mass is 127. The van der Waals surface area contributed by atoms with E-state index in [-0.39, 0.29) is 18.7 Å². The minimum absolute atomic E-state index is 0.0398. The zero-order chi connectivity index (χ0) is 20.8. The van der Waals surface area contributed by atoms with Crippen molar-refractivity contribution in [2.45, 2.75) is 6.42 Å². The molecule has 0 aliphatic carbocycles. The molecule has 1 aliphatic heterocycles. The fourth-order valence-electron chi connectivity index (χ4n) is 3.12. The summed E-state index contributed by atoms with van der Waals surface area (Å²) >= 11 is 2.01. The first-order valence-corrected chi connectivity index (χ1v) is 11.0. The fraction of sp³-hybridized carbons (Fsp3) is 0.167. The van der Waals surface area contributed by atoms with Crippen LogP contribution < -0.4 is 4.72 Å². The van der Waals surface area contributed by atoms with Gasteiger partial charge in [0.1, 0.15) is 17.9 Å². The molecular weight excluding hydrogens is 517 g/mol. The predicted octanol–water partition coefficient (Wildman–Crippen LogP) is 3.24. The Morgan fingerprint density at radius 1 is 1.34 bits per heavy atom. The van der Waals surface area contributed by atoms with Gasteiger partial charge >= 0.3 is 10.2 Å². The lowest BCUT2D eigenvalue weighted by molar-refractivity contribution is 0.103. The van der Waals surface area contributed by atoms with Crippen LogP contribution in [0.1, 0.15) is 22.3 Å². The van der Waals surface area contributed by atoms with Crippen molar-refractivity contribution in [3.63, 3.8) is 0 Å². The van der Waals surface area contributed by atoms with Gasteiger partial charge in [-0.3, -0.25) is 9.52 Å². The minimum Gasteiger partial charge on any atom is -0.345 e. The summed E-state index contributed by atoms with van der Waals surface area (Å²) < 4.78 is 58.2. The Bertz CT molecular complexity index is 1220. The molecule has 11 heteroatoms. The molecule has 1 fully saturated rings. The Labute approximate surface area is 178 Å². The molecular formula is C18H14F2IN4O3S+. The molecule has 3 heterocycles. The van der Waals surface area contributed by atoms with Crippen LogP contribution in [0.3, 0.4) is 0 Å². The highest BCUT2D eigenvalue weighted by Crippen LogP contribution is 2.28. The maximum Gasteiger partial charge on any atom is 0.305 e. The quantitative estimate of drug-likeness (QED) is 0.300. The first kappa shape index (κ1) is 20.0. The third-order valence-electron chi connectivity index (χ3n) is 4.55. The number of pyridine rings is 1. The number of anilines is 1. The molecule has 4 rings (SSSR count). The molecule has 0 spiro atoms. The second-order valence-corrected chi connectivity index (χ2v) is 9.32. The van der Waals surface area contributed by atoms with Crippen molar-refractivity contribution in [3.8, 4) is 0 Å². The Hall–Kier alpha value is -2.25. The number of nitrogens with zero attached hydrogens (tertiary/aromatic N) is 2. The van der Waals surface area contributed by atoms with Crippen LogP contribution in [0, 0.1) is 21.6 Å². The molecule has 0 atom stereocenters. The fourth-order valence-corrected chi connectivity index (χ4v) is 4.79. The van der Waals surface area contributed by atoms with Crippen LogP contribution in [0.2, 0.25) is 0 Å². The Morgan fingerprint density at radius 2 is 2.14 bits per heavy atom. The molecule has 2 N–H and O–H groups in total. The smallest absolute Gasteiger partial charge is 0.305 e. The minimum atomic E-state index is -4.02. The van der Waals surface area contributed by atoms with Crippen molar-refractivity contribution in [1.82, 2.24) is 14.3 Å². The average molecular weight is 531 g/mol. The van der Waals surface area contributed by atoms with Gasteiger partial charge in [0.2, 0.25) is 5.78 Å². The number of halogens is 3. The number of carbonyl (C=O) groups is 1. The lowest BCUT2D eigenvalue weighted by atomic mass is 10.0. The average Bonchev–Trinajstić information content (AvgIpc) is 3.34. The molecule has 7 nitrogen and oxygen atoms in total. The first-order valence-electron chi connectivity index (χ1n) is 8.53. The Kier molecular flexibility index (Phi) is 5.21. The zero-order valence-corrected chi connectivity index (χ0v) is 17.7. The Morgan fingerprint density at radius 3 is 2.86 bits per heavy atom. The van der Waals surface area contributed by atoms with Gasteiger partial charge in [-0.2, -0.15) is 8.42 Å². The number of aromatic amines is 1. The number of fused-ring (bicyclic) bond motifs is 1. The summed E-state index contributed by atoms with van der Waals surface area (Å²) in [7, 11) is -4.02. The molecule has 150 valence electrons. The van der Waals surface area contributed by atoms with Crippen molar-refractivity contribution in [2.75, 3.05) is 17.8 Å². The maximum atomic E-state index is 15.0. The molecule has 0 bridgehead atoms. The van der Waals surface area contributed by atoms with E-state index < -0.39 is 38.9 Å². The monoisotopic (exact) mass is 531 g/mol. The molecule has 3 aromatic rings. The number of hydrogen-bond donors (Lipinski definition) is 2. The number of H-pyrrole nitrogens is 1. The normalized spacial score (nSPS) is 14.9. The summed E-state index contributed by atoms with van der Waals surface area (Å²) in [5.41, 5.74) is -0.887. The molecule has 2 aromatic heterocycles. The van der Waals surface area contributed by atoms with E-state index in [4.69, 9.17) is 0 Å². The van der Waals surface area contributed by atoms with Gasteiger partial charge in [-0.15, -0.1) is 4.31 Å². The van der Waals surface area contributed by atoms with E-state index in [0.29, 0.717) is 17.5 Å². The van der Waals surface area contributed by atoms with Crippen molar-refractivity contribution < 1.29 is 22.0 Å². The van der Waals surface area contributed by atoms with E-state index in [2.05, 4.69) is 14.7 Å². The highest BCUT2D eigenvalue weighted by molar-refractivity contribution is 14.1. The van der Waals surface area contributed by atoms with Gasteiger partial charge in [-0.05, 0) is 40.8 Å². The Balaban J connectivity index is 1.75. The number of hydrogen-bond acceptors (Lipinski definition) is 4. The van der Waals surface area contributed by atoms with Gasteiger partial charge in [0.25, 0.3) is 0 Å². The summed E-state index contributed by atoms with van der Waals surface area (Å²) in [6, 6.07) is 3.48. The lowest BCUT2D eigenvalue weighted by Crippen LogP contribution is -2.33. The predicted molar refractivity (Wildman–Crippen MR) is 112 cm³/mol. The number of rotatable bonds is 5. The van der Waals surface area contributed by atoms with Gasteiger partial charge in [0.15, 0.2) is 12.4 Å². The van der Waals surface area contributed by atoms with Gasteiger partial charge in [-0.25, -0.2) is 13.8 Å². The number of aromatic nitrogens is 2. The number of carbonyl (C=O) groups excluding carboxylic acids is 1. The van der Waals surface area contributed by atoms with Gasteiger partial charge in [0, 0.05) is 26.9 Å². The molecule has 1 aliphatic rings. The number of nitrogens with one attached hydrogen (secondary N) is 2. The third-order valence-corrected chi connectivity index (χ3v) is 6.63. The van der Waals surface area contributed by atoms with E-state index in [1.54, 1.807) is 18.7 Å². The van der Waals surface area contributed by atoms with E-state index in [1.165, 1.54) is 6.20 Å². The van der Waals surface area contributed by atoms with Crippen molar-refractivity contribution >= 4 is 55.3 Å². The van der Waals surface area contributed by atoms with E-state index in [1.807, 2.05) is 22.6 Å². The van der Waals surface area contributed by atoms with Crippen molar-refractivity contribution in [3.05, 3.63) is 63.3 Å². The van der Waals surface area contributed by atoms with Crippen LogP contribution in [-0.2, 0) is 10.2 Å². The molecule has 1 saturated heterocycles. The van der Waals surface area contributed by atoms with E-state index in [0.717, 1.165) is 20.0 Å². The maximum absolute atomic E-state index is 15.0. The highest BCUT2D eigenvalue weighted by Gasteiger charge is 2.32. The summed E-state index contributed by atoms with van der Waals surface area (Å²) in [5.74, 6) is -3.27. The van der Waals surface area contributed by atoms with Gasteiger partial charge < -0.3 is 4.98 Å². The van der Waals surface area contributed by atoms with Gasteiger partial charge in [0.05, 0.1) is 24.2 Å². The molecule has 0 saturated carbocycles. The van der Waals surface area contributed by atoms with Crippen LogP contribution in [0.25, 0.3) is 11.0 Å². The first-order chi connectivity index (χ1) is 13.8. The largest absolute Gasteiger partial charge is 0.345 e. The van der Waals surface area contributed by atoms with Crippen LogP contribution in [-0.4, -0.2) is 41.6 Å². The topological polar surface area (TPSA) is 95.2 Å². The van der Waals surface area contributed by atoms with Crippen molar-refractivity contribution in [2.24, 2.45) is 0 Å². The summed E-state index contributed by atoms with van der Waals surface area (Å²) in [6.45, 7) is 0.468. The third kappa shape index (κ3) is 3.69. The van der Waals surface area contributed by atoms with E-state index >= 15 is 4.39 Å². The second-order valence-electron chi connectivity index (χ2n) is 6.41. The molecule has 29 heavy (non-hydrogen) atoms. The molecule has 0 unspecified atom stereocenters. The van der Waals surface area contributed by atoms with Crippen molar-refractivity contribution in [1.29, 1.82) is 0 Å². The SMILES string of the molecule is O=C(c1c(F)ccc(NS(=O)(=O)N2C[CH+]CC2)c1F)c1c[nH]c2ncc(I)cc12. The summed E-state index contributed by atoms with van der Waals surface area (Å²) in [4.78, 5) is 19.8.